The van der Waals surface area contributed by atoms with Gasteiger partial charge in [-0.15, -0.1) is 0 Å². The molecular formula is C22H25F3N6O. The third-order valence-corrected chi connectivity index (χ3v) is 6.05. The standard InChI is InChI=1S/C22H25F3N6O/c1-12-5-7-15(8-6-12)18-9-19(22(23,24)25)31-20(28-18)17(11-27-31)21(32)26-10-16-13(2)29-30(4)14(16)3/h5-8,11,18-19,28H,9-10H2,1-4H3,(H,26,32)/t18-,19-/m0/s1. The monoisotopic (exact) mass is 446 g/mol. The molecule has 0 radical (unpaired) electrons. The second-order valence-corrected chi connectivity index (χ2v) is 8.21. The van der Waals surface area contributed by atoms with Crippen molar-refractivity contribution in [1.82, 2.24) is 24.9 Å². The van der Waals surface area contributed by atoms with Crippen molar-refractivity contribution >= 4 is 11.7 Å². The van der Waals surface area contributed by atoms with E-state index in [1.807, 2.05) is 40.0 Å². The van der Waals surface area contributed by atoms with Crippen LogP contribution in [0.5, 0.6) is 0 Å². The molecule has 1 aromatic carbocycles. The zero-order chi connectivity index (χ0) is 23.2. The number of carbonyl (C=O) groups excluding carboxylic acids is 1. The first-order chi connectivity index (χ1) is 15.1. The van der Waals surface area contributed by atoms with Crippen LogP contribution >= 0.6 is 0 Å². The van der Waals surface area contributed by atoms with Crippen molar-refractivity contribution in [2.24, 2.45) is 7.05 Å². The molecular weight excluding hydrogens is 421 g/mol. The molecule has 7 nitrogen and oxygen atoms in total. The van der Waals surface area contributed by atoms with Crippen molar-refractivity contribution in [3.63, 3.8) is 0 Å². The second kappa shape index (κ2) is 7.99. The molecule has 10 heteroatoms. The van der Waals surface area contributed by atoms with Gasteiger partial charge in [0.2, 0.25) is 0 Å². The lowest BCUT2D eigenvalue weighted by molar-refractivity contribution is -0.173. The lowest BCUT2D eigenvalue weighted by Crippen LogP contribution is -2.36. The number of amides is 1. The van der Waals surface area contributed by atoms with E-state index in [2.05, 4.69) is 20.8 Å². The zero-order valence-electron chi connectivity index (χ0n) is 18.3. The predicted molar refractivity (Wildman–Crippen MR) is 113 cm³/mol. The molecule has 32 heavy (non-hydrogen) atoms. The number of benzene rings is 1. The van der Waals surface area contributed by atoms with Crippen LogP contribution in [0, 0.1) is 20.8 Å². The van der Waals surface area contributed by atoms with Gasteiger partial charge in [0.05, 0.1) is 17.9 Å². The fourth-order valence-electron chi connectivity index (χ4n) is 4.08. The van der Waals surface area contributed by atoms with Crippen LogP contribution < -0.4 is 10.6 Å². The summed E-state index contributed by atoms with van der Waals surface area (Å²) in [6.07, 6.45) is -3.52. The quantitative estimate of drug-likeness (QED) is 0.632. The summed E-state index contributed by atoms with van der Waals surface area (Å²) in [4.78, 5) is 12.9. The van der Waals surface area contributed by atoms with Crippen LogP contribution in [0.25, 0.3) is 0 Å². The van der Waals surface area contributed by atoms with E-state index in [1.54, 1.807) is 16.8 Å². The van der Waals surface area contributed by atoms with Crippen molar-refractivity contribution in [2.75, 3.05) is 5.32 Å². The summed E-state index contributed by atoms with van der Waals surface area (Å²) in [5.41, 5.74) is 4.40. The minimum absolute atomic E-state index is 0.0706. The number of anilines is 1. The fraction of sp³-hybridized carbons (Fsp3) is 0.409. The molecule has 1 aliphatic heterocycles. The number of fused-ring (bicyclic) bond motifs is 1. The molecule has 0 bridgehead atoms. The van der Waals surface area contributed by atoms with Gasteiger partial charge in [0, 0.05) is 31.3 Å². The largest absolute Gasteiger partial charge is 0.410 e. The molecule has 2 atom stereocenters. The Labute approximate surface area is 183 Å². The van der Waals surface area contributed by atoms with Gasteiger partial charge in [-0.05, 0) is 26.3 Å². The molecule has 0 unspecified atom stereocenters. The van der Waals surface area contributed by atoms with Gasteiger partial charge in [-0.2, -0.15) is 23.4 Å². The van der Waals surface area contributed by atoms with Crippen molar-refractivity contribution < 1.29 is 18.0 Å². The number of aryl methyl sites for hydroxylation is 3. The Morgan fingerprint density at radius 2 is 1.91 bits per heavy atom. The Morgan fingerprint density at radius 3 is 2.50 bits per heavy atom. The summed E-state index contributed by atoms with van der Waals surface area (Å²) in [6.45, 7) is 5.88. The van der Waals surface area contributed by atoms with Crippen LogP contribution in [0.4, 0.5) is 19.0 Å². The maximum Gasteiger partial charge on any atom is 0.410 e. The first kappa shape index (κ1) is 21.9. The molecule has 2 aromatic heterocycles. The minimum Gasteiger partial charge on any atom is -0.363 e. The normalized spacial score (nSPS) is 18.2. The van der Waals surface area contributed by atoms with Gasteiger partial charge in [-0.25, -0.2) is 4.68 Å². The Kier molecular flexibility index (Phi) is 5.47. The van der Waals surface area contributed by atoms with E-state index in [4.69, 9.17) is 0 Å². The summed E-state index contributed by atoms with van der Waals surface area (Å²) >= 11 is 0. The van der Waals surface area contributed by atoms with Crippen molar-refractivity contribution in [1.29, 1.82) is 0 Å². The number of nitrogens with zero attached hydrogens (tertiary/aromatic N) is 4. The molecule has 0 saturated heterocycles. The van der Waals surface area contributed by atoms with Gasteiger partial charge in [0.15, 0.2) is 6.04 Å². The van der Waals surface area contributed by atoms with E-state index in [9.17, 15) is 18.0 Å². The van der Waals surface area contributed by atoms with Crippen LogP contribution in [0.15, 0.2) is 30.5 Å². The number of carbonyl (C=O) groups is 1. The number of rotatable bonds is 4. The van der Waals surface area contributed by atoms with Crippen LogP contribution in [0.2, 0.25) is 0 Å². The van der Waals surface area contributed by atoms with E-state index in [0.717, 1.165) is 32.8 Å². The highest BCUT2D eigenvalue weighted by Crippen LogP contribution is 2.44. The van der Waals surface area contributed by atoms with Gasteiger partial charge in [-0.1, -0.05) is 29.8 Å². The summed E-state index contributed by atoms with van der Waals surface area (Å²) in [5, 5.41) is 14.1. The van der Waals surface area contributed by atoms with Crippen molar-refractivity contribution in [3.05, 3.63) is 64.1 Å². The molecule has 0 fully saturated rings. The molecule has 1 aliphatic rings. The van der Waals surface area contributed by atoms with Crippen LogP contribution in [-0.2, 0) is 13.6 Å². The van der Waals surface area contributed by atoms with E-state index >= 15 is 0 Å². The fourth-order valence-corrected chi connectivity index (χ4v) is 4.08. The van der Waals surface area contributed by atoms with Gasteiger partial charge in [-0.3, -0.25) is 9.48 Å². The Morgan fingerprint density at radius 1 is 1.22 bits per heavy atom. The molecule has 3 aromatic rings. The number of nitrogens with one attached hydrogen (secondary N) is 2. The van der Waals surface area contributed by atoms with E-state index in [-0.39, 0.29) is 24.3 Å². The number of hydrogen-bond donors (Lipinski definition) is 2. The Hall–Kier alpha value is -3.30. The molecule has 1 amide bonds. The molecule has 3 heterocycles. The maximum absolute atomic E-state index is 13.8. The van der Waals surface area contributed by atoms with Crippen LogP contribution in [0.3, 0.4) is 0 Å². The summed E-state index contributed by atoms with van der Waals surface area (Å²) in [6, 6.07) is 4.91. The van der Waals surface area contributed by atoms with Crippen LogP contribution in [-0.4, -0.2) is 31.6 Å². The second-order valence-electron chi connectivity index (χ2n) is 8.21. The first-order valence-corrected chi connectivity index (χ1v) is 10.3. The lowest BCUT2D eigenvalue weighted by Gasteiger charge is -2.34. The van der Waals surface area contributed by atoms with E-state index in [1.165, 1.54) is 6.20 Å². The lowest BCUT2D eigenvalue weighted by atomic mass is 9.96. The number of aromatic nitrogens is 4. The average molecular weight is 446 g/mol. The SMILES string of the molecule is Cc1ccc([C@@H]2C[C@@H](C(F)(F)F)n3ncc(C(=O)NCc4c(C)nn(C)c4C)c3N2)cc1. The molecule has 170 valence electrons. The maximum atomic E-state index is 13.8. The number of alkyl halides is 3. The Bertz CT molecular complexity index is 1150. The molecule has 0 saturated carbocycles. The van der Waals surface area contributed by atoms with Crippen molar-refractivity contribution in [2.45, 2.75) is 52.0 Å². The smallest absolute Gasteiger partial charge is 0.363 e. The third kappa shape index (κ3) is 3.96. The Balaban J connectivity index is 1.63. The predicted octanol–water partition coefficient (Wildman–Crippen LogP) is 4.13. The topological polar surface area (TPSA) is 76.8 Å². The van der Waals surface area contributed by atoms with Crippen LogP contribution in [0.1, 0.15) is 56.9 Å². The number of hydrogen-bond acceptors (Lipinski definition) is 4. The average Bonchev–Trinajstić information content (AvgIpc) is 3.26. The van der Waals surface area contributed by atoms with Crippen molar-refractivity contribution in [3.8, 4) is 0 Å². The van der Waals surface area contributed by atoms with Gasteiger partial charge >= 0.3 is 6.18 Å². The van der Waals surface area contributed by atoms with Gasteiger partial charge in [0.1, 0.15) is 11.4 Å². The van der Waals surface area contributed by atoms with Gasteiger partial charge in [0.25, 0.3) is 5.91 Å². The zero-order valence-corrected chi connectivity index (χ0v) is 18.3. The van der Waals surface area contributed by atoms with E-state index in [0.29, 0.717) is 0 Å². The summed E-state index contributed by atoms with van der Waals surface area (Å²) in [5.74, 6) is -0.423. The number of halogens is 3. The summed E-state index contributed by atoms with van der Waals surface area (Å²) in [7, 11) is 1.81. The van der Waals surface area contributed by atoms with E-state index < -0.39 is 24.2 Å². The highest BCUT2D eigenvalue weighted by molar-refractivity contribution is 5.98. The minimum atomic E-state index is -4.50. The van der Waals surface area contributed by atoms with Gasteiger partial charge < -0.3 is 10.6 Å². The molecule has 0 spiro atoms. The molecule has 4 rings (SSSR count). The highest BCUT2D eigenvalue weighted by atomic mass is 19.4. The first-order valence-electron chi connectivity index (χ1n) is 10.3. The molecule has 2 N–H and O–H groups in total. The third-order valence-electron chi connectivity index (χ3n) is 6.05. The highest BCUT2D eigenvalue weighted by Gasteiger charge is 2.47. The molecule has 0 aliphatic carbocycles. The summed E-state index contributed by atoms with van der Waals surface area (Å²) < 4.78 is 44.1.